The molecule has 8 nitrogen and oxygen atoms in total. The zero-order valence-corrected chi connectivity index (χ0v) is 16.9. The molecule has 8 heteroatoms. The summed E-state index contributed by atoms with van der Waals surface area (Å²) in [6, 6.07) is 7.60. The number of likely N-dealkylation sites (tertiary alicyclic amines) is 1. The number of benzene rings is 1. The fourth-order valence-corrected chi connectivity index (χ4v) is 4.23. The summed E-state index contributed by atoms with van der Waals surface area (Å²) in [4.78, 5) is 30.9. The summed E-state index contributed by atoms with van der Waals surface area (Å²) in [6.45, 7) is 3.09. The van der Waals surface area contributed by atoms with Crippen LogP contribution in [0, 0.1) is 5.92 Å². The van der Waals surface area contributed by atoms with Gasteiger partial charge in [0.25, 0.3) is 0 Å². The molecule has 29 heavy (non-hydrogen) atoms. The van der Waals surface area contributed by atoms with E-state index in [2.05, 4.69) is 0 Å². The summed E-state index contributed by atoms with van der Waals surface area (Å²) in [5.41, 5.74) is 1.79. The SMILES string of the molecule is CCCC[C@@H](CN(O)C=O)C(=O)N1CCC[C@H]1c1nc2ccccc2n1CCO. The van der Waals surface area contributed by atoms with Gasteiger partial charge in [0.2, 0.25) is 12.3 Å². The third kappa shape index (κ3) is 4.59. The van der Waals surface area contributed by atoms with Gasteiger partial charge in [0.05, 0.1) is 36.1 Å². The first-order valence-electron chi connectivity index (χ1n) is 10.4. The molecule has 0 radical (unpaired) electrons. The number of unbranched alkanes of at least 4 members (excludes halogenated alkanes) is 1. The monoisotopic (exact) mass is 402 g/mol. The first-order chi connectivity index (χ1) is 14.1. The van der Waals surface area contributed by atoms with Crippen LogP contribution in [0.2, 0.25) is 0 Å². The minimum atomic E-state index is -0.443. The number of hydroxylamine groups is 2. The second-order valence-corrected chi connectivity index (χ2v) is 7.59. The Kier molecular flexibility index (Phi) is 7.22. The number of hydrogen-bond donors (Lipinski definition) is 2. The molecule has 0 unspecified atom stereocenters. The van der Waals surface area contributed by atoms with Gasteiger partial charge in [-0.25, -0.2) is 10.0 Å². The van der Waals surface area contributed by atoms with Gasteiger partial charge in [-0.1, -0.05) is 31.9 Å². The van der Waals surface area contributed by atoms with Gasteiger partial charge in [-0.05, 0) is 31.4 Å². The van der Waals surface area contributed by atoms with Crippen molar-refractivity contribution in [2.24, 2.45) is 5.92 Å². The quantitative estimate of drug-likeness (QED) is 0.361. The average molecular weight is 402 g/mol. The van der Waals surface area contributed by atoms with E-state index >= 15 is 0 Å². The number of aromatic nitrogens is 2. The first kappa shape index (κ1) is 21.3. The van der Waals surface area contributed by atoms with Crippen LogP contribution in [0.3, 0.4) is 0 Å². The molecule has 1 aromatic heterocycles. The summed E-state index contributed by atoms with van der Waals surface area (Å²) in [5.74, 6) is 0.294. The van der Waals surface area contributed by atoms with Crippen LogP contribution in [0.15, 0.2) is 24.3 Å². The lowest BCUT2D eigenvalue weighted by Gasteiger charge is -2.30. The Bertz CT molecular complexity index is 837. The molecule has 1 saturated heterocycles. The molecule has 1 aromatic carbocycles. The van der Waals surface area contributed by atoms with Crippen LogP contribution in [-0.4, -0.2) is 61.8 Å². The number of carbonyl (C=O) groups is 2. The number of fused-ring (bicyclic) bond motifs is 1. The van der Waals surface area contributed by atoms with Crippen molar-refractivity contribution in [3.8, 4) is 0 Å². The fourth-order valence-electron chi connectivity index (χ4n) is 4.23. The van der Waals surface area contributed by atoms with Crippen molar-refractivity contribution in [1.82, 2.24) is 19.5 Å². The summed E-state index contributed by atoms with van der Waals surface area (Å²) in [7, 11) is 0. The Morgan fingerprint density at radius 2 is 2.21 bits per heavy atom. The molecule has 0 aliphatic carbocycles. The van der Waals surface area contributed by atoms with Crippen LogP contribution in [-0.2, 0) is 16.1 Å². The minimum Gasteiger partial charge on any atom is -0.395 e. The van der Waals surface area contributed by atoms with Crippen LogP contribution in [0.25, 0.3) is 11.0 Å². The summed E-state index contributed by atoms with van der Waals surface area (Å²) < 4.78 is 2.00. The van der Waals surface area contributed by atoms with E-state index in [9.17, 15) is 19.9 Å². The van der Waals surface area contributed by atoms with Gasteiger partial charge < -0.3 is 14.6 Å². The number of para-hydroxylation sites is 2. The standard InChI is InChI=1S/C21H30N4O4/c1-2-3-7-16(14-23(29)15-27)21(28)25-11-6-10-19(25)20-22-17-8-4-5-9-18(17)24(20)12-13-26/h4-5,8-9,15-16,19,26,29H,2-3,6-7,10-14H2,1H3/t16-,19-/m0/s1. The molecule has 2 heterocycles. The maximum Gasteiger partial charge on any atom is 0.233 e. The van der Waals surface area contributed by atoms with Crippen LogP contribution in [0.4, 0.5) is 0 Å². The Morgan fingerprint density at radius 3 is 2.93 bits per heavy atom. The molecule has 0 saturated carbocycles. The van der Waals surface area contributed by atoms with E-state index in [1.807, 2.05) is 40.7 Å². The lowest BCUT2D eigenvalue weighted by Crippen LogP contribution is -2.41. The van der Waals surface area contributed by atoms with E-state index in [1.165, 1.54) is 0 Å². The van der Waals surface area contributed by atoms with E-state index in [-0.39, 0.29) is 25.1 Å². The number of imidazole rings is 1. The third-order valence-electron chi connectivity index (χ3n) is 5.63. The lowest BCUT2D eigenvalue weighted by atomic mass is 9.99. The highest BCUT2D eigenvalue weighted by molar-refractivity contribution is 5.81. The maximum atomic E-state index is 13.4. The topological polar surface area (TPSA) is 98.9 Å². The Morgan fingerprint density at radius 1 is 1.41 bits per heavy atom. The Labute approximate surface area is 170 Å². The van der Waals surface area contributed by atoms with Gasteiger partial charge >= 0.3 is 0 Å². The highest BCUT2D eigenvalue weighted by atomic mass is 16.5. The van der Waals surface area contributed by atoms with Crippen molar-refractivity contribution < 1.29 is 19.9 Å². The number of rotatable bonds is 10. The van der Waals surface area contributed by atoms with Gasteiger partial charge in [0.1, 0.15) is 5.82 Å². The van der Waals surface area contributed by atoms with Crippen molar-refractivity contribution in [3.63, 3.8) is 0 Å². The van der Waals surface area contributed by atoms with E-state index in [0.29, 0.717) is 31.0 Å². The molecule has 3 rings (SSSR count). The molecule has 2 N–H and O–H groups in total. The van der Waals surface area contributed by atoms with Crippen LogP contribution in [0.5, 0.6) is 0 Å². The second kappa shape index (κ2) is 9.84. The van der Waals surface area contributed by atoms with Crippen molar-refractivity contribution in [2.45, 2.75) is 51.6 Å². The van der Waals surface area contributed by atoms with Crippen LogP contribution in [0.1, 0.15) is 50.9 Å². The molecule has 0 bridgehead atoms. The van der Waals surface area contributed by atoms with Gasteiger partial charge in [0.15, 0.2) is 0 Å². The number of aliphatic hydroxyl groups is 1. The zero-order chi connectivity index (χ0) is 20.8. The molecule has 2 aromatic rings. The number of aliphatic hydroxyl groups excluding tert-OH is 1. The average Bonchev–Trinajstić information content (AvgIpc) is 3.35. The minimum absolute atomic E-state index is 0.00138. The summed E-state index contributed by atoms with van der Waals surface area (Å²) >= 11 is 0. The predicted octanol–water partition coefficient (Wildman–Crippen LogP) is 2.35. The highest BCUT2D eigenvalue weighted by Crippen LogP contribution is 2.35. The largest absolute Gasteiger partial charge is 0.395 e. The molecule has 2 amide bonds. The molecular formula is C21H30N4O4. The second-order valence-electron chi connectivity index (χ2n) is 7.59. The van der Waals surface area contributed by atoms with E-state index in [4.69, 9.17) is 4.98 Å². The third-order valence-corrected chi connectivity index (χ3v) is 5.63. The highest BCUT2D eigenvalue weighted by Gasteiger charge is 2.37. The maximum absolute atomic E-state index is 13.4. The molecule has 1 aliphatic rings. The number of hydrogen-bond acceptors (Lipinski definition) is 5. The first-order valence-corrected chi connectivity index (χ1v) is 10.4. The zero-order valence-electron chi connectivity index (χ0n) is 16.9. The van der Waals surface area contributed by atoms with Crippen molar-refractivity contribution >= 4 is 23.4 Å². The molecule has 0 spiro atoms. The van der Waals surface area contributed by atoms with Gasteiger partial charge in [-0.3, -0.25) is 14.8 Å². The predicted molar refractivity (Wildman–Crippen MR) is 108 cm³/mol. The van der Waals surface area contributed by atoms with E-state index in [0.717, 1.165) is 42.5 Å². The fraction of sp³-hybridized carbons (Fsp3) is 0.571. The lowest BCUT2D eigenvalue weighted by molar-refractivity contribution is -0.157. The molecular weight excluding hydrogens is 372 g/mol. The van der Waals surface area contributed by atoms with Gasteiger partial charge in [0, 0.05) is 13.1 Å². The van der Waals surface area contributed by atoms with Crippen LogP contribution < -0.4 is 0 Å². The van der Waals surface area contributed by atoms with Gasteiger partial charge in [-0.15, -0.1) is 0 Å². The van der Waals surface area contributed by atoms with Crippen LogP contribution >= 0.6 is 0 Å². The smallest absolute Gasteiger partial charge is 0.233 e. The van der Waals surface area contributed by atoms with Gasteiger partial charge in [-0.2, -0.15) is 0 Å². The van der Waals surface area contributed by atoms with Crippen molar-refractivity contribution in [1.29, 1.82) is 0 Å². The Balaban J connectivity index is 1.90. The van der Waals surface area contributed by atoms with Crippen molar-refractivity contribution in [2.75, 3.05) is 19.7 Å². The van der Waals surface area contributed by atoms with Crippen molar-refractivity contribution in [3.05, 3.63) is 30.1 Å². The number of nitrogens with zero attached hydrogens (tertiary/aromatic N) is 4. The molecule has 158 valence electrons. The molecule has 1 aliphatic heterocycles. The van der Waals surface area contributed by atoms with E-state index < -0.39 is 5.92 Å². The molecule has 1 fully saturated rings. The number of carbonyl (C=O) groups excluding carboxylic acids is 2. The normalized spacial score (nSPS) is 17.6. The summed E-state index contributed by atoms with van der Waals surface area (Å²) in [5, 5.41) is 19.8. The molecule has 2 atom stereocenters. The Hall–Kier alpha value is -2.45. The number of amides is 2. The summed E-state index contributed by atoms with van der Waals surface area (Å²) in [6.07, 6.45) is 4.43. The van der Waals surface area contributed by atoms with E-state index in [1.54, 1.807) is 0 Å².